The number of nitriles is 1. The van der Waals surface area contributed by atoms with E-state index in [1.54, 1.807) is 0 Å². The van der Waals surface area contributed by atoms with Crippen LogP contribution in [0.3, 0.4) is 0 Å². The van der Waals surface area contributed by atoms with E-state index in [9.17, 15) is 4.79 Å². The topological polar surface area (TPSA) is 77.8 Å². The molecule has 1 aromatic heterocycles. The Morgan fingerprint density at radius 2 is 2.20 bits per heavy atom. The number of pyridine rings is 1. The van der Waals surface area contributed by atoms with Crippen LogP contribution in [-0.2, 0) is 4.79 Å². The summed E-state index contributed by atoms with van der Waals surface area (Å²) in [4.78, 5) is 15.9. The number of benzene rings is 1. The van der Waals surface area contributed by atoms with Crippen molar-refractivity contribution >= 4 is 22.5 Å². The highest BCUT2D eigenvalue weighted by atomic mass is 16.1. The number of nitrogens with zero attached hydrogens (tertiary/aromatic N) is 2. The van der Waals surface area contributed by atoms with Gasteiger partial charge in [-0.1, -0.05) is 25.1 Å². The molecule has 1 aromatic carbocycles. The molecule has 0 unspecified atom stereocenters. The highest BCUT2D eigenvalue weighted by molar-refractivity contribution is 5.95. The Kier molecular flexibility index (Phi) is 4.51. The van der Waals surface area contributed by atoms with Crippen LogP contribution >= 0.6 is 0 Å². The van der Waals surface area contributed by atoms with Crippen molar-refractivity contribution in [3.8, 4) is 6.07 Å². The van der Waals surface area contributed by atoms with Gasteiger partial charge in [0.15, 0.2) is 0 Å². The first kappa shape index (κ1) is 13.8. The molecule has 2 N–H and O–H groups in total. The number of anilines is 1. The minimum absolute atomic E-state index is 0.0865. The monoisotopic (exact) mass is 268 g/mol. The molecule has 5 nitrogen and oxygen atoms in total. The highest BCUT2D eigenvalue weighted by Crippen LogP contribution is 2.24. The minimum Gasteiger partial charge on any atom is -0.374 e. The van der Waals surface area contributed by atoms with E-state index < -0.39 is 0 Å². The summed E-state index contributed by atoms with van der Waals surface area (Å²) >= 11 is 0. The van der Waals surface area contributed by atoms with Gasteiger partial charge in [-0.15, -0.1) is 0 Å². The first-order valence-electron chi connectivity index (χ1n) is 6.54. The molecule has 2 rings (SSSR count). The lowest BCUT2D eigenvalue weighted by Gasteiger charge is -2.11. The molecule has 0 aliphatic rings. The summed E-state index contributed by atoms with van der Waals surface area (Å²) in [5.74, 6) is -0.0865. The molecule has 0 bridgehead atoms. The number of nitrogens with one attached hydrogen (secondary N) is 2. The van der Waals surface area contributed by atoms with Crippen LogP contribution in [0.2, 0.25) is 0 Å². The maximum Gasteiger partial charge on any atom is 0.239 e. The molecule has 0 atom stereocenters. The largest absolute Gasteiger partial charge is 0.374 e. The van der Waals surface area contributed by atoms with Crippen molar-refractivity contribution in [1.82, 2.24) is 10.3 Å². The molecular formula is C15H16N4O. The van der Waals surface area contributed by atoms with Crippen LogP contribution in [0.15, 0.2) is 30.5 Å². The predicted octanol–water partition coefficient (Wildman–Crippen LogP) is 2.04. The molecule has 102 valence electrons. The summed E-state index contributed by atoms with van der Waals surface area (Å²) in [6, 6.07) is 9.63. The predicted molar refractivity (Wildman–Crippen MR) is 78.2 cm³/mol. The number of aromatic nitrogens is 1. The third-order valence-electron chi connectivity index (χ3n) is 2.89. The summed E-state index contributed by atoms with van der Waals surface area (Å²) in [5, 5.41) is 15.8. The second kappa shape index (κ2) is 6.53. The Morgan fingerprint density at radius 3 is 2.95 bits per heavy atom. The van der Waals surface area contributed by atoms with E-state index in [2.05, 4.69) is 21.7 Å². The molecule has 0 fully saturated rings. The molecule has 20 heavy (non-hydrogen) atoms. The van der Waals surface area contributed by atoms with Gasteiger partial charge in [0.05, 0.1) is 23.3 Å². The van der Waals surface area contributed by atoms with E-state index in [1.165, 1.54) is 6.20 Å². The summed E-state index contributed by atoms with van der Waals surface area (Å²) in [6.45, 7) is 2.79. The molecule has 0 spiro atoms. The van der Waals surface area contributed by atoms with Crippen LogP contribution in [0, 0.1) is 11.3 Å². The Morgan fingerprint density at radius 1 is 1.40 bits per heavy atom. The zero-order valence-electron chi connectivity index (χ0n) is 11.3. The Bertz CT molecular complexity index is 660. The van der Waals surface area contributed by atoms with Gasteiger partial charge >= 0.3 is 0 Å². The molecule has 5 heteroatoms. The number of hydrogen-bond acceptors (Lipinski definition) is 4. The van der Waals surface area contributed by atoms with Gasteiger partial charge in [-0.2, -0.15) is 5.26 Å². The SMILES string of the molecule is CCCNC(=O)CNc1c(C#N)cnc2ccccc12. The molecule has 1 heterocycles. The van der Waals surface area contributed by atoms with Crippen LogP contribution in [0.25, 0.3) is 10.9 Å². The molecule has 0 saturated carbocycles. The van der Waals surface area contributed by atoms with Crippen molar-refractivity contribution in [3.63, 3.8) is 0 Å². The van der Waals surface area contributed by atoms with Crippen LogP contribution in [0.5, 0.6) is 0 Å². The molecule has 0 radical (unpaired) electrons. The Labute approximate surface area is 117 Å². The van der Waals surface area contributed by atoms with Crippen LogP contribution in [0.1, 0.15) is 18.9 Å². The fourth-order valence-corrected chi connectivity index (χ4v) is 1.91. The van der Waals surface area contributed by atoms with Crippen LogP contribution in [0.4, 0.5) is 5.69 Å². The summed E-state index contributed by atoms with van der Waals surface area (Å²) < 4.78 is 0. The van der Waals surface area contributed by atoms with Crippen LogP contribution < -0.4 is 10.6 Å². The molecule has 0 aliphatic heterocycles. The second-order valence-electron chi connectivity index (χ2n) is 4.38. The van der Waals surface area contributed by atoms with E-state index in [1.807, 2.05) is 31.2 Å². The average molecular weight is 268 g/mol. The standard InChI is InChI=1S/C15H16N4O/c1-2-7-17-14(20)10-19-15-11(8-16)9-18-13-6-4-3-5-12(13)15/h3-6,9H,2,7,10H2,1H3,(H,17,20)(H,18,19). The number of fused-ring (bicyclic) bond motifs is 1. The lowest BCUT2D eigenvalue weighted by atomic mass is 10.1. The van der Waals surface area contributed by atoms with E-state index in [-0.39, 0.29) is 12.5 Å². The van der Waals surface area contributed by atoms with Gasteiger partial charge in [0.2, 0.25) is 5.91 Å². The zero-order chi connectivity index (χ0) is 14.4. The highest BCUT2D eigenvalue weighted by Gasteiger charge is 2.09. The molecule has 2 aromatic rings. The number of rotatable bonds is 5. The van der Waals surface area contributed by atoms with Gasteiger partial charge in [-0.05, 0) is 12.5 Å². The maximum absolute atomic E-state index is 11.6. The van der Waals surface area contributed by atoms with E-state index in [4.69, 9.17) is 5.26 Å². The fourth-order valence-electron chi connectivity index (χ4n) is 1.91. The number of para-hydroxylation sites is 1. The Hall–Kier alpha value is -2.61. The van der Waals surface area contributed by atoms with Gasteiger partial charge in [0.1, 0.15) is 6.07 Å². The Balaban J connectivity index is 2.24. The number of amides is 1. The zero-order valence-corrected chi connectivity index (χ0v) is 11.3. The first-order valence-corrected chi connectivity index (χ1v) is 6.54. The van der Waals surface area contributed by atoms with E-state index in [0.29, 0.717) is 17.8 Å². The molecule has 0 saturated heterocycles. The lowest BCUT2D eigenvalue weighted by molar-refractivity contribution is -0.119. The van der Waals surface area contributed by atoms with Gasteiger partial charge in [0.25, 0.3) is 0 Å². The minimum atomic E-state index is -0.0865. The second-order valence-corrected chi connectivity index (χ2v) is 4.38. The number of carbonyl (C=O) groups is 1. The van der Waals surface area contributed by atoms with Crippen molar-refractivity contribution in [1.29, 1.82) is 5.26 Å². The van der Waals surface area contributed by atoms with E-state index >= 15 is 0 Å². The third-order valence-corrected chi connectivity index (χ3v) is 2.89. The smallest absolute Gasteiger partial charge is 0.239 e. The van der Waals surface area contributed by atoms with Crippen LogP contribution in [-0.4, -0.2) is 24.0 Å². The first-order chi connectivity index (χ1) is 9.76. The fraction of sp³-hybridized carbons (Fsp3) is 0.267. The van der Waals surface area contributed by atoms with Crippen molar-refractivity contribution in [2.75, 3.05) is 18.4 Å². The van der Waals surface area contributed by atoms with Crippen molar-refractivity contribution < 1.29 is 4.79 Å². The number of carbonyl (C=O) groups excluding carboxylic acids is 1. The van der Waals surface area contributed by atoms with Gasteiger partial charge < -0.3 is 10.6 Å². The summed E-state index contributed by atoms with van der Waals surface area (Å²) in [6.07, 6.45) is 2.42. The summed E-state index contributed by atoms with van der Waals surface area (Å²) in [7, 11) is 0. The van der Waals surface area contributed by atoms with Crippen molar-refractivity contribution in [2.24, 2.45) is 0 Å². The lowest BCUT2D eigenvalue weighted by Crippen LogP contribution is -2.30. The van der Waals surface area contributed by atoms with Gasteiger partial charge in [-0.3, -0.25) is 9.78 Å². The molecule has 0 aliphatic carbocycles. The molecule has 1 amide bonds. The molecular weight excluding hydrogens is 252 g/mol. The van der Waals surface area contributed by atoms with Crippen molar-refractivity contribution in [2.45, 2.75) is 13.3 Å². The number of hydrogen-bond donors (Lipinski definition) is 2. The van der Waals surface area contributed by atoms with Crippen molar-refractivity contribution in [3.05, 3.63) is 36.0 Å². The maximum atomic E-state index is 11.6. The van der Waals surface area contributed by atoms with Gasteiger partial charge in [-0.25, -0.2) is 0 Å². The summed E-state index contributed by atoms with van der Waals surface area (Å²) in [5.41, 5.74) is 1.89. The third kappa shape index (κ3) is 3.04. The quantitative estimate of drug-likeness (QED) is 0.870. The average Bonchev–Trinajstić information content (AvgIpc) is 2.50. The normalized spacial score (nSPS) is 10.0. The van der Waals surface area contributed by atoms with Gasteiger partial charge in [0, 0.05) is 18.1 Å². The van der Waals surface area contributed by atoms with E-state index in [0.717, 1.165) is 17.3 Å².